The molecular formula is C15H18ClNO4. The summed E-state index contributed by atoms with van der Waals surface area (Å²) in [6.07, 6.45) is 1.22. The van der Waals surface area contributed by atoms with Crippen LogP contribution in [0, 0.1) is 12.8 Å². The van der Waals surface area contributed by atoms with E-state index >= 15 is 0 Å². The van der Waals surface area contributed by atoms with Gasteiger partial charge in [0.1, 0.15) is 0 Å². The van der Waals surface area contributed by atoms with Crippen molar-refractivity contribution in [3.63, 3.8) is 0 Å². The average Bonchev–Trinajstić information content (AvgIpc) is 2.43. The van der Waals surface area contributed by atoms with Gasteiger partial charge in [-0.05, 0) is 38.5 Å². The van der Waals surface area contributed by atoms with Gasteiger partial charge in [0.15, 0.2) is 5.92 Å². The monoisotopic (exact) mass is 311 g/mol. The number of hydrogen-bond acceptors (Lipinski definition) is 5. The van der Waals surface area contributed by atoms with Crippen LogP contribution in [0.5, 0.6) is 0 Å². The molecule has 0 fully saturated rings. The van der Waals surface area contributed by atoms with Crippen molar-refractivity contribution in [2.24, 2.45) is 10.9 Å². The van der Waals surface area contributed by atoms with Crippen LogP contribution in [0.3, 0.4) is 0 Å². The molecule has 21 heavy (non-hydrogen) atoms. The summed E-state index contributed by atoms with van der Waals surface area (Å²) in [5.74, 6) is -2.54. The predicted octanol–water partition coefficient (Wildman–Crippen LogP) is 3.09. The summed E-state index contributed by atoms with van der Waals surface area (Å²) in [6.45, 7) is 5.56. The first-order chi connectivity index (χ1) is 9.99. The molecule has 0 saturated heterocycles. The number of aliphatic imine (C=N–C) groups is 1. The molecule has 5 nitrogen and oxygen atoms in total. The third-order valence-corrected chi connectivity index (χ3v) is 3.02. The van der Waals surface area contributed by atoms with Crippen molar-refractivity contribution < 1.29 is 19.1 Å². The van der Waals surface area contributed by atoms with Crippen LogP contribution < -0.4 is 0 Å². The highest BCUT2D eigenvalue weighted by molar-refractivity contribution is 6.31. The molecule has 0 amide bonds. The van der Waals surface area contributed by atoms with Gasteiger partial charge in [-0.15, -0.1) is 0 Å². The molecule has 0 N–H and O–H groups in total. The zero-order valence-electron chi connectivity index (χ0n) is 12.3. The summed E-state index contributed by atoms with van der Waals surface area (Å²) in [5.41, 5.74) is 1.46. The standard InChI is InChI=1S/C15H18ClNO4/c1-4-20-14(18)12(15(19)21-5-2)9-17-11-7-6-10(3)13(16)8-11/h6-9,12H,4-5H2,1-3H3. The molecule has 0 unspecified atom stereocenters. The number of hydrogen-bond donors (Lipinski definition) is 0. The molecule has 114 valence electrons. The van der Waals surface area contributed by atoms with Crippen molar-refractivity contribution in [2.45, 2.75) is 20.8 Å². The molecule has 6 heteroatoms. The number of rotatable bonds is 6. The number of benzene rings is 1. The van der Waals surface area contributed by atoms with E-state index in [1.54, 1.807) is 32.0 Å². The lowest BCUT2D eigenvalue weighted by molar-refractivity contribution is -0.157. The van der Waals surface area contributed by atoms with Crippen molar-refractivity contribution in [3.8, 4) is 0 Å². The lowest BCUT2D eigenvalue weighted by Crippen LogP contribution is -2.29. The topological polar surface area (TPSA) is 65.0 Å². The van der Waals surface area contributed by atoms with E-state index in [0.29, 0.717) is 10.7 Å². The van der Waals surface area contributed by atoms with E-state index in [2.05, 4.69) is 4.99 Å². The summed E-state index contributed by atoms with van der Waals surface area (Å²) in [4.78, 5) is 27.6. The van der Waals surface area contributed by atoms with Gasteiger partial charge in [-0.25, -0.2) is 0 Å². The third-order valence-electron chi connectivity index (χ3n) is 2.61. The Bertz CT molecular complexity index is 524. The van der Waals surface area contributed by atoms with Crippen LogP contribution in [0.4, 0.5) is 5.69 Å². The minimum absolute atomic E-state index is 0.180. The fourth-order valence-corrected chi connectivity index (χ4v) is 1.68. The van der Waals surface area contributed by atoms with Crippen LogP contribution >= 0.6 is 11.6 Å². The number of esters is 2. The molecule has 0 spiro atoms. The van der Waals surface area contributed by atoms with Crippen molar-refractivity contribution in [3.05, 3.63) is 28.8 Å². The Hall–Kier alpha value is -1.88. The first-order valence-corrected chi connectivity index (χ1v) is 7.01. The summed E-state index contributed by atoms with van der Waals surface area (Å²) in [6, 6.07) is 5.20. The Labute approximate surface area is 128 Å². The predicted molar refractivity (Wildman–Crippen MR) is 81.1 cm³/mol. The summed E-state index contributed by atoms with van der Waals surface area (Å²) >= 11 is 6.00. The highest BCUT2D eigenvalue weighted by Crippen LogP contribution is 2.22. The molecule has 0 aliphatic carbocycles. The minimum atomic E-state index is -1.18. The van der Waals surface area contributed by atoms with E-state index in [-0.39, 0.29) is 13.2 Å². The van der Waals surface area contributed by atoms with Gasteiger partial charge in [0.05, 0.1) is 18.9 Å². The van der Waals surface area contributed by atoms with E-state index in [4.69, 9.17) is 21.1 Å². The summed E-state index contributed by atoms with van der Waals surface area (Å²) < 4.78 is 9.69. The first kappa shape index (κ1) is 17.2. The fraction of sp³-hybridized carbons (Fsp3) is 0.400. The Morgan fingerprint density at radius 3 is 2.29 bits per heavy atom. The molecule has 0 heterocycles. The van der Waals surface area contributed by atoms with Gasteiger partial charge < -0.3 is 9.47 Å². The zero-order chi connectivity index (χ0) is 15.8. The fourth-order valence-electron chi connectivity index (χ4n) is 1.50. The van der Waals surface area contributed by atoms with Crippen molar-refractivity contribution >= 4 is 35.4 Å². The van der Waals surface area contributed by atoms with Gasteiger partial charge in [0.2, 0.25) is 0 Å². The normalized spacial score (nSPS) is 10.9. The van der Waals surface area contributed by atoms with E-state index in [1.807, 2.05) is 6.92 Å². The number of carbonyl (C=O) groups is 2. The van der Waals surface area contributed by atoms with Crippen LogP contribution in [0.25, 0.3) is 0 Å². The maximum absolute atomic E-state index is 11.8. The lowest BCUT2D eigenvalue weighted by Gasteiger charge is -2.10. The summed E-state index contributed by atoms with van der Waals surface area (Å²) in [7, 11) is 0. The van der Waals surface area contributed by atoms with Gasteiger partial charge in [-0.1, -0.05) is 17.7 Å². The number of nitrogens with zero attached hydrogens (tertiary/aromatic N) is 1. The maximum Gasteiger partial charge on any atom is 0.325 e. The zero-order valence-corrected chi connectivity index (χ0v) is 13.0. The highest BCUT2D eigenvalue weighted by Gasteiger charge is 2.27. The van der Waals surface area contributed by atoms with Crippen molar-refractivity contribution in [2.75, 3.05) is 13.2 Å². The van der Waals surface area contributed by atoms with Crippen molar-refractivity contribution in [1.82, 2.24) is 0 Å². The van der Waals surface area contributed by atoms with Gasteiger partial charge in [-0.3, -0.25) is 14.6 Å². The SMILES string of the molecule is CCOC(=O)C(C=Nc1ccc(C)c(Cl)c1)C(=O)OCC. The van der Waals surface area contributed by atoms with Gasteiger partial charge in [-0.2, -0.15) is 0 Å². The Morgan fingerprint density at radius 2 is 1.81 bits per heavy atom. The number of halogens is 1. The Kier molecular flexibility index (Phi) is 6.88. The van der Waals surface area contributed by atoms with Gasteiger partial charge in [0.25, 0.3) is 0 Å². The van der Waals surface area contributed by atoms with E-state index in [9.17, 15) is 9.59 Å². The molecule has 0 aromatic heterocycles. The van der Waals surface area contributed by atoms with E-state index in [1.165, 1.54) is 6.21 Å². The average molecular weight is 312 g/mol. The van der Waals surface area contributed by atoms with Crippen molar-refractivity contribution in [1.29, 1.82) is 0 Å². The quantitative estimate of drug-likeness (QED) is 0.460. The largest absolute Gasteiger partial charge is 0.465 e. The number of aryl methyl sites for hydroxylation is 1. The highest BCUT2D eigenvalue weighted by atomic mass is 35.5. The molecule has 0 saturated carbocycles. The third kappa shape index (κ3) is 5.19. The molecule has 0 aliphatic rings. The van der Waals surface area contributed by atoms with Crippen LogP contribution in [0.15, 0.2) is 23.2 Å². The molecule has 0 aliphatic heterocycles. The van der Waals surface area contributed by atoms with E-state index in [0.717, 1.165) is 5.56 Å². The van der Waals surface area contributed by atoms with Crippen LogP contribution in [0.2, 0.25) is 5.02 Å². The van der Waals surface area contributed by atoms with E-state index < -0.39 is 17.9 Å². The molecule has 1 aromatic carbocycles. The maximum atomic E-state index is 11.8. The lowest BCUT2D eigenvalue weighted by atomic mass is 10.1. The minimum Gasteiger partial charge on any atom is -0.465 e. The molecular weight excluding hydrogens is 294 g/mol. The number of carbonyl (C=O) groups excluding carboxylic acids is 2. The van der Waals surface area contributed by atoms with Gasteiger partial charge >= 0.3 is 11.9 Å². The van der Waals surface area contributed by atoms with Crippen LogP contribution in [-0.2, 0) is 19.1 Å². The molecule has 1 rings (SSSR count). The van der Waals surface area contributed by atoms with Crippen LogP contribution in [0.1, 0.15) is 19.4 Å². The second kappa shape index (κ2) is 8.42. The second-order valence-electron chi connectivity index (χ2n) is 4.19. The molecule has 0 atom stereocenters. The molecule has 0 bridgehead atoms. The smallest absolute Gasteiger partial charge is 0.325 e. The number of ether oxygens (including phenoxy) is 2. The summed E-state index contributed by atoms with van der Waals surface area (Å²) in [5, 5.41) is 0.563. The first-order valence-electron chi connectivity index (χ1n) is 6.63. The second-order valence-corrected chi connectivity index (χ2v) is 4.60. The van der Waals surface area contributed by atoms with Gasteiger partial charge in [0, 0.05) is 11.2 Å². The molecule has 0 radical (unpaired) electrons. The Morgan fingerprint density at radius 1 is 1.24 bits per heavy atom. The molecule has 1 aromatic rings. The van der Waals surface area contributed by atoms with Crippen LogP contribution in [-0.4, -0.2) is 31.4 Å². The Balaban J connectivity index is 2.93.